The standard InChI is InChI=1S/C28H46N4O17/c1-9-14(30-6-34)18(38)22(25(42)43-9)47-27-24(20(40)16(32-8-36)11(3)45-27)49-28-23(19(39)15(31-7-35)12(4)46-28)48-26-21(41)17(37)13(29-5-33)10(2)44-26/h5-28,37-42H,1-4H3,(H,29,33)(H,30,34)(H,31,35)(H,32,36)/t9-,10-,11-,12-,13-,14-,15-,16-,17+,18+,19+,20+,21+,22+,23+,24+,25?,26-,27-,28-/m1/s1. The second kappa shape index (κ2) is 17.0. The third kappa shape index (κ3) is 8.30. The van der Waals surface area contributed by atoms with Crippen LogP contribution in [0, 0.1) is 0 Å². The molecule has 0 bridgehead atoms. The Balaban J connectivity index is 1.64. The zero-order valence-corrected chi connectivity index (χ0v) is 27.0. The van der Waals surface area contributed by atoms with Crippen LogP contribution in [-0.4, -0.2) is 179 Å². The third-order valence-corrected chi connectivity index (χ3v) is 9.27. The highest BCUT2D eigenvalue weighted by molar-refractivity contribution is 5.48. The van der Waals surface area contributed by atoms with Gasteiger partial charge in [-0.05, 0) is 27.7 Å². The Morgan fingerprint density at radius 3 is 1.14 bits per heavy atom. The van der Waals surface area contributed by atoms with Crippen molar-refractivity contribution in [2.45, 2.75) is 150 Å². The highest BCUT2D eigenvalue weighted by atomic mass is 16.8. The molecule has 4 amide bonds. The molecule has 20 atom stereocenters. The number of aliphatic hydroxyl groups is 6. The van der Waals surface area contributed by atoms with E-state index in [1.165, 1.54) is 27.7 Å². The first-order valence-electron chi connectivity index (χ1n) is 15.7. The second-order valence-corrected chi connectivity index (χ2v) is 12.4. The molecule has 0 aromatic rings. The molecule has 0 saturated carbocycles. The second-order valence-electron chi connectivity index (χ2n) is 12.4. The molecule has 0 spiro atoms. The van der Waals surface area contributed by atoms with Crippen LogP contribution in [0.4, 0.5) is 0 Å². The van der Waals surface area contributed by atoms with E-state index >= 15 is 0 Å². The van der Waals surface area contributed by atoms with Crippen molar-refractivity contribution in [2.75, 3.05) is 0 Å². The molecular formula is C28H46N4O17. The molecule has 1 unspecified atom stereocenters. The van der Waals surface area contributed by atoms with Crippen LogP contribution >= 0.6 is 0 Å². The van der Waals surface area contributed by atoms with Gasteiger partial charge in [-0.1, -0.05) is 0 Å². The van der Waals surface area contributed by atoms with Crippen LogP contribution in [0.5, 0.6) is 0 Å². The molecule has 0 radical (unpaired) electrons. The summed E-state index contributed by atoms with van der Waals surface area (Å²) in [5, 5.41) is 75.6. The highest BCUT2D eigenvalue weighted by Crippen LogP contribution is 2.34. The average Bonchev–Trinajstić information content (AvgIpc) is 3.05. The van der Waals surface area contributed by atoms with Gasteiger partial charge in [0.2, 0.25) is 25.6 Å². The van der Waals surface area contributed by atoms with Crippen molar-refractivity contribution in [3.8, 4) is 0 Å². The maximum absolute atomic E-state index is 11.5. The minimum atomic E-state index is -1.77. The number of rotatable bonds is 14. The summed E-state index contributed by atoms with van der Waals surface area (Å²) >= 11 is 0. The van der Waals surface area contributed by atoms with Gasteiger partial charge in [0.25, 0.3) is 0 Å². The zero-order chi connectivity index (χ0) is 36.2. The molecule has 4 aliphatic rings. The number of aliphatic hydroxyl groups excluding tert-OH is 6. The van der Waals surface area contributed by atoms with Gasteiger partial charge in [-0.3, -0.25) is 19.2 Å². The van der Waals surface area contributed by atoms with Gasteiger partial charge in [-0.25, -0.2) is 0 Å². The Hall–Kier alpha value is -2.64. The van der Waals surface area contributed by atoms with E-state index in [1.54, 1.807) is 0 Å². The number of nitrogens with one attached hydrogen (secondary N) is 4. The Kier molecular flexibility index (Phi) is 13.6. The van der Waals surface area contributed by atoms with Crippen molar-refractivity contribution in [3.63, 3.8) is 0 Å². The number of carbonyl (C=O) groups is 4. The van der Waals surface area contributed by atoms with Gasteiger partial charge in [-0.15, -0.1) is 0 Å². The first kappa shape index (κ1) is 39.2. The molecule has 21 heteroatoms. The van der Waals surface area contributed by atoms with E-state index in [0.29, 0.717) is 25.6 Å². The predicted octanol–water partition coefficient (Wildman–Crippen LogP) is -6.62. The normalized spacial score (nSPS) is 48.9. The van der Waals surface area contributed by atoms with Crippen LogP contribution in [0.25, 0.3) is 0 Å². The van der Waals surface area contributed by atoms with E-state index in [1.807, 2.05) is 0 Å². The van der Waals surface area contributed by atoms with Crippen molar-refractivity contribution in [1.82, 2.24) is 21.3 Å². The number of amides is 4. The molecule has 0 aromatic carbocycles. The van der Waals surface area contributed by atoms with Gasteiger partial charge in [-0.2, -0.15) is 0 Å². The molecule has 10 N–H and O–H groups in total. The van der Waals surface area contributed by atoms with Gasteiger partial charge in [0.1, 0.15) is 48.8 Å². The minimum Gasteiger partial charge on any atom is -0.388 e. The van der Waals surface area contributed by atoms with Crippen LogP contribution in [-0.2, 0) is 52.3 Å². The Labute approximate surface area is 280 Å². The van der Waals surface area contributed by atoms with E-state index < -0.39 is 123 Å². The third-order valence-electron chi connectivity index (χ3n) is 9.27. The molecule has 4 aliphatic heterocycles. The summed E-state index contributed by atoms with van der Waals surface area (Å²) in [6.45, 7) is 5.96. The molecule has 21 nitrogen and oxygen atoms in total. The Morgan fingerprint density at radius 1 is 0.429 bits per heavy atom. The maximum atomic E-state index is 11.5. The molecule has 0 aromatic heterocycles. The molecule has 4 fully saturated rings. The molecule has 49 heavy (non-hydrogen) atoms. The lowest BCUT2D eigenvalue weighted by Gasteiger charge is -2.50. The monoisotopic (exact) mass is 710 g/mol. The maximum Gasteiger partial charge on any atom is 0.207 e. The van der Waals surface area contributed by atoms with E-state index in [2.05, 4.69) is 21.3 Å². The first-order valence-corrected chi connectivity index (χ1v) is 15.7. The van der Waals surface area contributed by atoms with Crippen LogP contribution in [0.3, 0.4) is 0 Å². The lowest BCUT2D eigenvalue weighted by Crippen LogP contribution is -2.69. The van der Waals surface area contributed by atoms with Crippen molar-refractivity contribution >= 4 is 25.6 Å². The molecular weight excluding hydrogens is 664 g/mol. The average molecular weight is 711 g/mol. The predicted molar refractivity (Wildman–Crippen MR) is 156 cm³/mol. The van der Waals surface area contributed by atoms with Gasteiger partial charge in [0.15, 0.2) is 25.2 Å². The first-order chi connectivity index (χ1) is 23.3. The van der Waals surface area contributed by atoms with Crippen LogP contribution in [0.1, 0.15) is 27.7 Å². The summed E-state index contributed by atoms with van der Waals surface area (Å²) in [5.41, 5.74) is 0. The van der Waals surface area contributed by atoms with Crippen molar-refractivity contribution < 1.29 is 83.0 Å². The van der Waals surface area contributed by atoms with Gasteiger partial charge in [0.05, 0.1) is 48.6 Å². The Morgan fingerprint density at radius 2 is 0.735 bits per heavy atom. The van der Waals surface area contributed by atoms with E-state index in [0.717, 1.165) is 0 Å². The fraction of sp³-hybridized carbons (Fsp3) is 0.857. The molecule has 4 rings (SSSR count). The summed E-state index contributed by atoms with van der Waals surface area (Å²) in [6, 6.07) is -4.26. The van der Waals surface area contributed by atoms with Crippen LogP contribution < -0.4 is 21.3 Å². The fourth-order valence-electron chi connectivity index (χ4n) is 6.58. The Bertz CT molecular complexity index is 1110. The number of ether oxygens (including phenoxy) is 7. The molecule has 280 valence electrons. The van der Waals surface area contributed by atoms with Crippen molar-refractivity contribution in [3.05, 3.63) is 0 Å². The SMILES string of the molecule is C[C@H]1O[C@H](O[C@@H]2[C@@H](O[C@@H]3[C@@H](O[C@@H]4C(O)O[C@H](C)[C@@H](NC=O)[C@@H]4O)O[C@H](C)[C@@H](NC=O)[C@@H]3O)O[C@H](C)[C@@H](NC=O)[C@@H]2O)[C@@H](O)[C@@H](O)[C@@H]1NC=O. The lowest BCUT2D eigenvalue weighted by molar-refractivity contribution is -0.386. The van der Waals surface area contributed by atoms with Gasteiger partial charge < -0.3 is 85.1 Å². The van der Waals surface area contributed by atoms with Crippen LogP contribution in [0.15, 0.2) is 0 Å². The lowest BCUT2D eigenvalue weighted by atomic mass is 9.94. The largest absolute Gasteiger partial charge is 0.388 e. The molecule has 4 saturated heterocycles. The summed E-state index contributed by atoms with van der Waals surface area (Å²) < 4.78 is 41.0. The summed E-state index contributed by atoms with van der Waals surface area (Å²) in [6.07, 6.45) is -22.1. The summed E-state index contributed by atoms with van der Waals surface area (Å²) in [7, 11) is 0. The van der Waals surface area contributed by atoms with Crippen molar-refractivity contribution in [2.24, 2.45) is 0 Å². The number of carbonyl (C=O) groups excluding carboxylic acids is 4. The number of hydrogen-bond acceptors (Lipinski definition) is 17. The van der Waals surface area contributed by atoms with E-state index in [-0.39, 0.29) is 0 Å². The molecule has 4 heterocycles. The zero-order valence-electron chi connectivity index (χ0n) is 27.0. The van der Waals surface area contributed by atoms with E-state index in [4.69, 9.17) is 33.2 Å². The summed E-state index contributed by atoms with van der Waals surface area (Å²) in [5.74, 6) is 0. The van der Waals surface area contributed by atoms with E-state index in [9.17, 15) is 49.8 Å². The molecule has 0 aliphatic carbocycles. The van der Waals surface area contributed by atoms with Crippen LogP contribution in [0.2, 0.25) is 0 Å². The highest BCUT2D eigenvalue weighted by Gasteiger charge is 2.55. The summed E-state index contributed by atoms with van der Waals surface area (Å²) in [4.78, 5) is 45.0. The quantitative estimate of drug-likeness (QED) is 0.0749. The van der Waals surface area contributed by atoms with Gasteiger partial charge >= 0.3 is 0 Å². The van der Waals surface area contributed by atoms with Crippen molar-refractivity contribution in [1.29, 1.82) is 0 Å². The topological polar surface area (TPSA) is 302 Å². The van der Waals surface area contributed by atoms with Gasteiger partial charge in [0, 0.05) is 0 Å². The minimum absolute atomic E-state index is 0.315. The smallest absolute Gasteiger partial charge is 0.207 e. The fourth-order valence-corrected chi connectivity index (χ4v) is 6.58. The number of hydrogen-bond donors (Lipinski definition) is 10.